The fraction of sp³-hybridized carbons (Fsp3) is 0.500. The van der Waals surface area contributed by atoms with Gasteiger partial charge >= 0.3 is 6.16 Å². The third-order valence-electron chi connectivity index (χ3n) is 3.89. The molecule has 2 aliphatic heterocycles. The molecule has 3 rings (SSSR count). The van der Waals surface area contributed by atoms with Gasteiger partial charge in [-0.05, 0) is 12.1 Å². The highest BCUT2D eigenvalue weighted by Gasteiger charge is 2.33. The first-order chi connectivity index (χ1) is 11.2. The van der Waals surface area contributed by atoms with E-state index in [9.17, 15) is 9.59 Å². The minimum atomic E-state index is -0.837. The van der Waals surface area contributed by atoms with Crippen molar-refractivity contribution in [3.8, 4) is 11.5 Å². The molecular weight excluding hydrogens is 338 g/mol. The van der Waals surface area contributed by atoms with Gasteiger partial charge in [0.2, 0.25) is 0 Å². The maximum absolute atomic E-state index is 11.8. The van der Waals surface area contributed by atoms with E-state index in [-0.39, 0.29) is 24.3 Å². The first-order valence-corrected chi connectivity index (χ1v) is 7.54. The van der Waals surface area contributed by atoms with Crippen LogP contribution in [0.3, 0.4) is 0 Å². The summed E-state index contributed by atoms with van der Waals surface area (Å²) in [6.07, 6.45) is -1.41. The molecule has 0 aliphatic carbocycles. The van der Waals surface area contributed by atoms with E-state index in [0.29, 0.717) is 32.7 Å². The normalized spacial score (nSPS) is 23.1. The van der Waals surface area contributed by atoms with E-state index < -0.39 is 12.3 Å². The number of hydrogen-bond acceptors (Lipinski definition) is 7. The average Bonchev–Trinajstić information content (AvgIpc) is 2.57. The number of piperidine rings is 1. The molecule has 0 spiro atoms. The van der Waals surface area contributed by atoms with Crippen LogP contribution in [0, 0.1) is 0 Å². The van der Waals surface area contributed by atoms with Crippen LogP contribution >= 0.6 is 12.4 Å². The predicted molar refractivity (Wildman–Crippen MR) is 86.9 cm³/mol. The van der Waals surface area contributed by atoms with Crippen molar-refractivity contribution in [3.05, 3.63) is 24.3 Å². The van der Waals surface area contributed by atoms with E-state index in [1.165, 1.54) is 7.11 Å². The van der Waals surface area contributed by atoms with E-state index in [1.54, 1.807) is 0 Å². The largest absolute Gasteiger partial charge is 0.508 e. The summed E-state index contributed by atoms with van der Waals surface area (Å²) >= 11 is 0. The molecule has 0 radical (unpaired) electrons. The lowest BCUT2D eigenvalue weighted by Gasteiger charge is -2.35. The van der Waals surface area contributed by atoms with Gasteiger partial charge in [0.05, 0.1) is 7.11 Å². The van der Waals surface area contributed by atoms with Crippen molar-refractivity contribution >= 4 is 24.3 Å². The van der Waals surface area contributed by atoms with Crippen LogP contribution in [0.4, 0.5) is 4.79 Å². The first-order valence-electron chi connectivity index (χ1n) is 7.54. The molecule has 24 heavy (non-hydrogen) atoms. The number of hydrogen-bond donors (Lipinski definition) is 0. The molecule has 2 aliphatic rings. The number of benzene rings is 1. The Kier molecular flexibility index (Phi) is 6.28. The molecule has 1 aromatic rings. The number of ketones is 1. The summed E-state index contributed by atoms with van der Waals surface area (Å²) in [6, 6.07) is 7.52. The van der Waals surface area contributed by atoms with Crippen LogP contribution in [-0.4, -0.2) is 62.4 Å². The number of Topliss-reactive ketones (excluding diaryl/α,β-unsaturated/α-hetero) is 1. The zero-order valence-electron chi connectivity index (χ0n) is 13.3. The summed E-state index contributed by atoms with van der Waals surface area (Å²) in [5, 5.41) is 0. The minimum absolute atomic E-state index is 0. The first kappa shape index (κ1) is 18.4. The van der Waals surface area contributed by atoms with E-state index in [4.69, 9.17) is 14.2 Å². The molecule has 0 bridgehead atoms. The molecule has 1 fully saturated rings. The van der Waals surface area contributed by atoms with E-state index in [2.05, 4.69) is 4.74 Å². The molecule has 2 unspecified atom stereocenters. The Labute approximate surface area is 146 Å². The second-order valence-electron chi connectivity index (χ2n) is 5.53. The highest BCUT2D eigenvalue weighted by molar-refractivity contribution is 5.86. The van der Waals surface area contributed by atoms with Gasteiger partial charge in [0, 0.05) is 26.1 Å². The fourth-order valence-corrected chi connectivity index (χ4v) is 2.73. The Morgan fingerprint density at radius 3 is 2.83 bits per heavy atom. The van der Waals surface area contributed by atoms with E-state index in [0.717, 1.165) is 11.5 Å². The maximum atomic E-state index is 11.8. The number of rotatable bonds is 3. The quantitative estimate of drug-likeness (QED) is 0.762. The van der Waals surface area contributed by atoms with Crippen LogP contribution in [0.15, 0.2) is 24.3 Å². The van der Waals surface area contributed by atoms with Crippen molar-refractivity contribution in [1.29, 1.82) is 0 Å². The van der Waals surface area contributed by atoms with Gasteiger partial charge in [-0.2, -0.15) is 0 Å². The summed E-state index contributed by atoms with van der Waals surface area (Å²) in [4.78, 5) is 25.1. The number of nitrogens with zero attached hydrogens (tertiary/aromatic N) is 1. The van der Waals surface area contributed by atoms with Crippen molar-refractivity contribution in [2.45, 2.75) is 18.6 Å². The highest BCUT2D eigenvalue weighted by Crippen LogP contribution is 2.31. The van der Waals surface area contributed by atoms with Crippen molar-refractivity contribution in [1.82, 2.24) is 4.90 Å². The Morgan fingerprint density at radius 1 is 1.33 bits per heavy atom. The molecule has 2 atom stereocenters. The lowest BCUT2D eigenvalue weighted by Crippen LogP contribution is -2.50. The van der Waals surface area contributed by atoms with Crippen LogP contribution in [0.2, 0.25) is 0 Å². The molecule has 0 saturated carbocycles. The van der Waals surface area contributed by atoms with Crippen molar-refractivity contribution in [2.24, 2.45) is 0 Å². The van der Waals surface area contributed by atoms with Crippen LogP contribution < -0.4 is 9.47 Å². The number of methoxy groups -OCH3 is 1. The summed E-state index contributed by atoms with van der Waals surface area (Å²) in [6.45, 7) is 2.00. The second-order valence-corrected chi connectivity index (χ2v) is 5.53. The molecule has 0 N–H and O–H groups in total. The lowest BCUT2D eigenvalue weighted by molar-refractivity contribution is -0.133. The van der Waals surface area contributed by atoms with Gasteiger partial charge in [0.1, 0.15) is 12.7 Å². The summed E-state index contributed by atoms with van der Waals surface area (Å²) in [5.41, 5.74) is 0. The molecule has 2 heterocycles. The Bertz CT molecular complexity index is 596. The van der Waals surface area contributed by atoms with Gasteiger partial charge in [-0.1, -0.05) is 12.1 Å². The van der Waals surface area contributed by atoms with Gasteiger partial charge in [0.15, 0.2) is 23.4 Å². The molecule has 1 aromatic carbocycles. The molecule has 1 saturated heterocycles. The van der Waals surface area contributed by atoms with Crippen LogP contribution in [-0.2, 0) is 14.3 Å². The van der Waals surface area contributed by atoms with Crippen LogP contribution in [0.1, 0.15) is 6.42 Å². The molecule has 0 amide bonds. The Morgan fingerprint density at radius 2 is 2.08 bits per heavy atom. The van der Waals surface area contributed by atoms with E-state index in [1.807, 2.05) is 29.2 Å². The van der Waals surface area contributed by atoms with E-state index >= 15 is 0 Å². The second kappa shape index (κ2) is 8.21. The number of carbonyl (C=O) groups is 2. The van der Waals surface area contributed by atoms with Gasteiger partial charge in [0.25, 0.3) is 0 Å². The lowest BCUT2D eigenvalue weighted by atomic mass is 10.1. The van der Waals surface area contributed by atoms with Crippen molar-refractivity contribution in [3.63, 3.8) is 0 Å². The summed E-state index contributed by atoms with van der Waals surface area (Å²) < 4.78 is 21.1. The third-order valence-corrected chi connectivity index (χ3v) is 3.89. The van der Waals surface area contributed by atoms with Gasteiger partial charge < -0.3 is 18.9 Å². The highest BCUT2D eigenvalue weighted by atomic mass is 35.5. The van der Waals surface area contributed by atoms with Crippen molar-refractivity contribution in [2.75, 3.05) is 33.4 Å². The maximum Gasteiger partial charge on any atom is 0.508 e. The monoisotopic (exact) mass is 357 g/mol. The molecule has 7 nitrogen and oxygen atoms in total. The standard InChI is InChI=1S/C16H19NO6.ClH/c1-20-16(19)23-15-9-17(7-6-12(15)18)8-11-10-21-13-4-2-3-5-14(13)22-11;/h2-5,11,15H,6-10H2,1H3;1H. The number of halogens is 1. The fourth-order valence-electron chi connectivity index (χ4n) is 2.73. The zero-order chi connectivity index (χ0) is 16.2. The smallest absolute Gasteiger partial charge is 0.486 e. The third kappa shape index (κ3) is 4.30. The number of ether oxygens (including phenoxy) is 4. The van der Waals surface area contributed by atoms with Crippen molar-refractivity contribution < 1.29 is 28.5 Å². The molecule has 132 valence electrons. The minimum Gasteiger partial charge on any atom is -0.486 e. The van der Waals surface area contributed by atoms with Gasteiger partial charge in [-0.15, -0.1) is 12.4 Å². The number of para-hydroxylation sites is 2. The summed E-state index contributed by atoms with van der Waals surface area (Å²) in [7, 11) is 1.22. The van der Waals surface area contributed by atoms with Gasteiger partial charge in [-0.3, -0.25) is 9.69 Å². The summed E-state index contributed by atoms with van der Waals surface area (Å²) in [5.74, 6) is 1.38. The van der Waals surface area contributed by atoms with Crippen LogP contribution in [0.5, 0.6) is 11.5 Å². The molecule has 8 heteroatoms. The number of fused-ring (bicyclic) bond motifs is 1. The Balaban J connectivity index is 0.00000208. The zero-order valence-corrected chi connectivity index (χ0v) is 14.1. The molecule has 0 aromatic heterocycles. The molecular formula is C16H20ClNO6. The number of likely N-dealkylation sites (tertiary alicyclic amines) is 1. The SMILES string of the molecule is COC(=O)OC1CN(CC2COc3ccccc3O2)CCC1=O.Cl. The average molecular weight is 358 g/mol. The van der Waals surface area contributed by atoms with Gasteiger partial charge in [-0.25, -0.2) is 4.79 Å². The number of carbonyl (C=O) groups excluding carboxylic acids is 2. The Hall–Kier alpha value is -1.99. The van der Waals surface area contributed by atoms with Crippen LogP contribution in [0.25, 0.3) is 0 Å². The predicted octanol–water partition coefficient (Wildman–Crippen LogP) is 1.67. The topological polar surface area (TPSA) is 74.3 Å².